The highest BCUT2D eigenvalue weighted by molar-refractivity contribution is 5.83. The van der Waals surface area contributed by atoms with Gasteiger partial charge in [-0.3, -0.25) is 9.48 Å². The Morgan fingerprint density at radius 1 is 1.48 bits per heavy atom. The molecular formula is C15H19N5O. The van der Waals surface area contributed by atoms with Gasteiger partial charge in [-0.05, 0) is 17.5 Å². The average Bonchev–Trinajstić information content (AvgIpc) is 2.92. The van der Waals surface area contributed by atoms with Crippen LogP contribution >= 0.6 is 0 Å². The van der Waals surface area contributed by atoms with Gasteiger partial charge in [0, 0.05) is 26.6 Å². The van der Waals surface area contributed by atoms with Crippen LogP contribution in [0.3, 0.4) is 0 Å². The van der Waals surface area contributed by atoms with Gasteiger partial charge in [0.1, 0.15) is 12.4 Å². The first-order valence-electron chi connectivity index (χ1n) is 7.17. The van der Waals surface area contributed by atoms with Crippen LogP contribution in [0.5, 0.6) is 0 Å². The highest BCUT2D eigenvalue weighted by atomic mass is 16.2. The number of rotatable bonds is 4. The van der Waals surface area contributed by atoms with Crippen molar-refractivity contribution in [1.82, 2.24) is 25.4 Å². The molecule has 0 radical (unpaired) electrons. The lowest BCUT2D eigenvalue weighted by Gasteiger charge is -2.25. The van der Waals surface area contributed by atoms with E-state index in [1.54, 1.807) is 11.0 Å². The highest BCUT2D eigenvalue weighted by Gasteiger charge is 2.25. The zero-order valence-corrected chi connectivity index (χ0v) is 12.0. The van der Waals surface area contributed by atoms with E-state index in [0.717, 1.165) is 24.4 Å². The first-order valence-corrected chi connectivity index (χ1v) is 7.17. The fourth-order valence-electron chi connectivity index (χ4n) is 2.64. The number of carbonyl (C=O) groups excluding carboxylic acids is 1. The number of hydrogen-bond acceptors (Lipinski definition) is 4. The molecule has 2 N–H and O–H groups in total. The van der Waals surface area contributed by atoms with Crippen molar-refractivity contribution in [3.63, 3.8) is 0 Å². The number of nitrogens with zero attached hydrogens (tertiary/aromatic N) is 3. The molecular weight excluding hydrogens is 266 g/mol. The third-order valence-electron chi connectivity index (χ3n) is 3.67. The second kappa shape index (κ2) is 6.05. The van der Waals surface area contributed by atoms with Gasteiger partial charge in [-0.2, -0.15) is 5.10 Å². The topological polar surface area (TPSA) is 71.8 Å². The standard InChI is InChI=1S/C15H19N5O/c1-20-10-18-13(19-20)7-9-17-15(21)14-12-5-3-2-4-11(12)6-8-16-14/h2-5,10,14,16H,6-9H2,1H3,(H,17,21). The second-order valence-electron chi connectivity index (χ2n) is 5.21. The van der Waals surface area contributed by atoms with Crippen LogP contribution in [-0.4, -0.2) is 33.8 Å². The van der Waals surface area contributed by atoms with E-state index < -0.39 is 0 Å². The van der Waals surface area contributed by atoms with Gasteiger partial charge in [-0.1, -0.05) is 24.3 Å². The predicted octanol–water partition coefficient (Wildman–Crippen LogP) is 0.361. The van der Waals surface area contributed by atoms with Crippen LogP contribution < -0.4 is 10.6 Å². The second-order valence-corrected chi connectivity index (χ2v) is 5.21. The number of carbonyl (C=O) groups is 1. The van der Waals surface area contributed by atoms with Crippen LogP contribution in [0.25, 0.3) is 0 Å². The molecule has 0 saturated heterocycles. The van der Waals surface area contributed by atoms with E-state index in [1.165, 1.54) is 5.56 Å². The van der Waals surface area contributed by atoms with Crippen molar-refractivity contribution in [2.45, 2.75) is 18.9 Å². The SMILES string of the molecule is Cn1cnc(CCNC(=O)C2NCCc3ccccc32)n1. The Labute approximate surface area is 123 Å². The molecule has 1 atom stereocenters. The lowest BCUT2D eigenvalue weighted by atomic mass is 9.94. The molecule has 0 aliphatic carbocycles. The van der Waals surface area contributed by atoms with Crippen molar-refractivity contribution in [2.75, 3.05) is 13.1 Å². The number of amides is 1. The molecule has 21 heavy (non-hydrogen) atoms. The molecule has 0 bridgehead atoms. The van der Waals surface area contributed by atoms with Crippen LogP contribution in [0.2, 0.25) is 0 Å². The Hall–Kier alpha value is -2.21. The maximum absolute atomic E-state index is 12.3. The molecule has 6 nitrogen and oxygen atoms in total. The number of aryl methyl sites for hydroxylation is 1. The molecule has 1 unspecified atom stereocenters. The van der Waals surface area contributed by atoms with Crippen LogP contribution in [0, 0.1) is 0 Å². The van der Waals surface area contributed by atoms with Gasteiger partial charge in [0.2, 0.25) is 5.91 Å². The van der Waals surface area contributed by atoms with E-state index in [-0.39, 0.29) is 11.9 Å². The van der Waals surface area contributed by atoms with Gasteiger partial charge >= 0.3 is 0 Å². The quantitative estimate of drug-likeness (QED) is 0.851. The highest BCUT2D eigenvalue weighted by Crippen LogP contribution is 2.22. The first-order chi connectivity index (χ1) is 10.2. The van der Waals surface area contributed by atoms with Gasteiger partial charge in [0.25, 0.3) is 0 Å². The van der Waals surface area contributed by atoms with Crippen molar-refractivity contribution >= 4 is 5.91 Å². The summed E-state index contributed by atoms with van der Waals surface area (Å²) in [6, 6.07) is 7.85. The molecule has 1 aromatic carbocycles. The van der Waals surface area contributed by atoms with Gasteiger partial charge in [-0.15, -0.1) is 0 Å². The summed E-state index contributed by atoms with van der Waals surface area (Å²) < 4.78 is 1.66. The molecule has 1 aliphatic rings. The number of aromatic nitrogens is 3. The van der Waals surface area contributed by atoms with Crippen molar-refractivity contribution < 1.29 is 4.79 Å². The Morgan fingerprint density at radius 3 is 3.14 bits per heavy atom. The average molecular weight is 285 g/mol. The molecule has 110 valence electrons. The van der Waals surface area contributed by atoms with Crippen LogP contribution in [0.15, 0.2) is 30.6 Å². The summed E-state index contributed by atoms with van der Waals surface area (Å²) >= 11 is 0. The fourth-order valence-corrected chi connectivity index (χ4v) is 2.64. The molecule has 0 saturated carbocycles. The smallest absolute Gasteiger partial charge is 0.241 e. The summed E-state index contributed by atoms with van der Waals surface area (Å²) in [5, 5.41) is 10.4. The number of benzene rings is 1. The van der Waals surface area contributed by atoms with Gasteiger partial charge in [0.15, 0.2) is 5.82 Å². The molecule has 1 aliphatic heterocycles. The number of fused-ring (bicyclic) bond motifs is 1. The minimum absolute atomic E-state index is 0.0121. The van der Waals surface area contributed by atoms with Crippen molar-refractivity contribution in [1.29, 1.82) is 0 Å². The lowest BCUT2D eigenvalue weighted by Crippen LogP contribution is -2.42. The first kappa shape index (κ1) is 13.8. The maximum Gasteiger partial charge on any atom is 0.241 e. The van der Waals surface area contributed by atoms with E-state index in [0.29, 0.717) is 13.0 Å². The molecule has 6 heteroatoms. The van der Waals surface area contributed by atoms with Crippen LogP contribution in [0.4, 0.5) is 0 Å². The Balaban J connectivity index is 1.59. The largest absolute Gasteiger partial charge is 0.354 e. The van der Waals surface area contributed by atoms with Crippen LogP contribution in [-0.2, 0) is 24.7 Å². The van der Waals surface area contributed by atoms with Gasteiger partial charge in [-0.25, -0.2) is 4.98 Å². The Morgan fingerprint density at radius 2 is 2.33 bits per heavy atom. The van der Waals surface area contributed by atoms with Crippen molar-refractivity contribution in [2.24, 2.45) is 7.05 Å². The van der Waals surface area contributed by atoms with E-state index in [1.807, 2.05) is 25.2 Å². The summed E-state index contributed by atoms with van der Waals surface area (Å²) in [5.41, 5.74) is 2.33. The zero-order valence-electron chi connectivity index (χ0n) is 12.0. The normalized spacial score (nSPS) is 17.3. The molecule has 0 fully saturated rings. The lowest BCUT2D eigenvalue weighted by molar-refractivity contribution is -0.123. The summed E-state index contributed by atoms with van der Waals surface area (Å²) in [6.07, 6.45) is 3.27. The van der Waals surface area contributed by atoms with Gasteiger partial charge < -0.3 is 10.6 Å². The third-order valence-corrected chi connectivity index (χ3v) is 3.67. The molecule has 2 aromatic rings. The van der Waals surface area contributed by atoms with E-state index >= 15 is 0 Å². The molecule has 1 aromatic heterocycles. The minimum Gasteiger partial charge on any atom is -0.354 e. The fraction of sp³-hybridized carbons (Fsp3) is 0.400. The molecule has 2 heterocycles. The van der Waals surface area contributed by atoms with Crippen molar-refractivity contribution in [3.05, 3.63) is 47.5 Å². The Bertz CT molecular complexity index is 636. The number of hydrogen-bond donors (Lipinski definition) is 2. The maximum atomic E-state index is 12.3. The van der Waals surface area contributed by atoms with Crippen LogP contribution in [0.1, 0.15) is 23.0 Å². The van der Waals surface area contributed by atoms with E-state index in [2.05, 4.69) is 26.8 Å². The van der Waals surface area contributed by atoms with Crippen molar-refractivity contribution in [3.8, 4) is 0 Å². The third kappa shape index (κ3) is 3.11. The Kier molecular flexibility index (Phi) is 3.96. The van der Waals surface area contributed by atoms with E-state index in [9.17, 15) is 4.79 Å². The minimum atomic E-state index is -0.258. The molecule has 3 rings (SSSR count). The van der Waals surface area contributed by atoms with Gasteiger partial charge in [0.05, 0.1) is 0 Å². The van der Waals surface area contributed by atoms with E-state index in [4.69, 9.17) is 0 Å². The molecule has 1 amide bonds. The zero-order chi connectivity index (χ0) is 14.7. The monoisotopic (exact) mass is 285 g/mol. The number of nitrogens with one attached hydrogen (secondary N) is 2. The predicted molar refractivity (Wildman–Crippen MR) is 78.6 cm³/mol. The summed E-state index contributed by atoms with van der Waals surface area (Å²) in [5.74, 6) is 0.757. The molecule has 0 spiro atoms. The summed E-state index contributed by atoms with van der Waals surface area (Å²) in [4.78, 5) is 16.5. The summed E-state index contributed by atoms with van der Waals surface area (Å²) in [7, 11) is 1.83. The summed E-state index contributed by atoms with van der Waals surface area (Å²) in [6.45, 7) is 1.38.